The predicted octanol–water partition coefficient (Wildman–Crippen LogP) is 4.20. The van der Waals surface area contributed by atoms with Crippen LogP contribution in [0.5, 0.6) is 5.75 Å². The number of likely N-dealkylation sites (tertiary alicyclic amines) is 1. The number of carbonyl (C=O) groups excluding carboxylic acids is 1. The number of halogens is 1. The maximum absolute atomic E-state index is 13.0. The molecule has 0 aliphatic carbocycles. The van der Waals surface area contributed by atoms with Gasteiger partial charge in [-0.3, -0.25) is 9.52 Å². The van der Waals surface area contributed by atoms with E-state index in [0.717, 1.165) is 19.3 Å². The summed E-state index contributed by atoms with van der Waals surface area (Å²) < 4.78 is 39.4. The van der Waals surface area contributed by atoms with Crippen LogP contribution in [0.3, 0.4) is 0 Å². The SMILES string of the molecule is COc1ccc(Cl)cc1NS(=O)(=O)c1cc(-c2nnc(C(=O)N3CCCCC3)o2)sc1C. The van der Waals surface area contributed by atoms with E-state index in [2.05, 4.69) is 14.9 Å². The Balaban J connectivity index is 1.59. The van der Waals surface area contributed by atoms with Crippen molar-refractivity contribution in [2.45, 2.75) is 31.1 Å². The topological polar surface area (TPSA) is 115 Å². The summed E-state index contributed by atoms with van der Waals surface area (Å²) in [4.78, 5) is 15.3. The predicted molar refractivity (Wildman–Crippen MR) is 121 cm³/mol. The number of piperidine rings is 1. The van der Waals surface area contributed by atoms with E-state index in [0.29, 0.717) is 33.6 Å². The van der Waals surface area contributed by atoms with Crippen LogP contribution in [0.15, 0.2) is 33.6 Å². The Kier molecular flexibility index (Phi) is 6.40. The molecule has 0 atom stereocenters. The number of rotatable bonds is 6. The Hall–Kier alpha value is -2.63. The number of benzene rings is 1. The minimum atomic E-state index is -3.95. The van der Waals surface area contributed by atoms with Crippen LogP contribution in [-0.2, 0) is 10.0 Å². The molecule has 12 heteroatoms. The van der Waals surface area contributed by atoms with Crippen LogP contribution in [-0.4, -0.2) is 49.6 Å². The molecule has 170 valence electrons. The van der Waals surface area contributed by atoms with Crippen LogP contribution >= 0.6 is 22.9 Å². The molecule has 1 saturated heterocycles. The van der Waals surface area contributed by atoms with Crippen LogP contribution in [0.2, 0.25) is 5.02 Å². The number of sulfonamides is 1. The van der Waals surface area contributed by atoms with E-state index >= 15 is 0 Å². The standard InChI is InChI=1S/C20H21ClN4O5S2/c1-12-17(32(27,28)24-14-10-13(21)6-7-15(14)29-2)11-16(31-12)18-22-23-19(30-18)20(26)25-8-4-3-5-9-25/h6-7,10-11,24H,3-5,8-9H2,1-2H3. The van der Waals surface area contributed by atoms with Gasteiger partial charge in [-0.05, 0) is 50.5 Å². The molecule has 1 N–H and O–H groups in total. The van der Waals surface area contributed by atoms with Gasteiger partial charge < -0.3 is 14.1 Å². The third-order valence-electron chi connectivity index (χ3n) is 5.03. The van der Waals surface area contributed by atoms with Crippen molar-refractivity contribution in [2.24, 2.45) is 0 Å². The smallest absolute Gasteiger partial charge is 0.311 e. The van der Waals surface area contributed by atoms with Crippen molar-refractivity contribution in [1.29, 1.82) is 0 Å². The number of hydrogen-bond acceptors (Lipinski definition) is 8. The van der Waals surface area contributed by atoms with E-state index in [9.17, 15) is 13.2 Å². The molecular weight excluding hydrogens is 476 g/mol. The number of methoxy groups -OCH3 is 1. The lowest BCUT2D eigenvalue weighted by molar-refractivity contribution is 0.0684. The number of nitrogens with one attached hydrogen (secondary N) is 1. The van der Waals surface area contributed by atoms with Crippen molar-refractivity contribution in [1.82, 2.24) is 15.1 Å². The van der Waals surface area contributed by atoms with Crippen molar-refractivity contribution < 1.29 is 22.4 Å². The normalized spacial score (nSPS) is 14.4. The summed E-state index contributed by atoms with van der Waals surface area (Å²) in [5, 5.41) is 8.19. The average molecular weight is 497 g/mol. The Morgan fingerprint density at radius 3 is 2.69 bits per heavy atom. The summed E-state index contributed by atoms with van der Waals surface area (Å²) in [5.74, 6) is 0.0301. The second-order valence-electron chi connectivity index (χ2n) is 7.25. The number of carbonyl (C=O) groups is 1. The molecule has 4 rings (SSSR count). The molecule has 1 amide bonds. The second-order valence-corrected chi connectivity index (χ2v) is 10.6. The van der Waals surface area contributed by atoms with E-state index in [1.807, 2.05) is 0 Å². The molecule has 0 bridgehead atoms. The molecule has 1 aliphatic heterocycles. The fourth-order valence-electron chi connectivity index (χ4n) is 3.44. The molecular formula is C20H21ClN4O5S2. The first-order valence-corrected chi connectivity index (χ1v) is 12.6. The highest BCUT2D eigenvalue weighted by Crippen LogP contribution is 2.35. The van der Waals surface area contributed by atoms with E-state index in [1.54, 1.807) is 24.0 Å². The summed E-state index contributed by atoms with van der Waals surface area (Å²) in [6.45, 7) is 3.00. The summed E-state index contributed by atoms with van der Waals surface area (Å²) in [7, 11) is -2.51. The maximum atomic E-state index is 13.0. The monoisotopic (exact) mass is 496 g/mol. The number of aromatic nitrogens is 2. The number of ether oxygens (including phenoxy) is 1. The van der Waals surface area contributed by atoms with E-state index in [-0.39, 0.29) is 28.3 Å². The van der Waals surface area contributed by atoms with Crippen LogP contribution < -0.4 is 9.46 Å². The first-order valence-electron chi connectivity index (χ1n) is 9.88. The van der Waals surface area contributed by atoms with Crippen LogP contribution in [0.25, 0.3) is 10.8 Å². The minimum Gasteiger partial charge on any atom is -0.495 e. The van der Waals surface area contributed by atoms with Crippen molar-refractivity contribution >= 4 is 44.6 Å². The summed E-state index contributed by atoms with van der Waals surface area (Å²) in [6, 6.07) is 6.09. The quantitative estimate of drug-likeness (QED) is 0.543. The lowest BCUT2D eigenvalue weighted by Crippen LogP contribution is -2.35. The van der Waals surface area contributed by atoms with Crippen LogP contribution in [0, 0.1) is 6.92 Å². The number of anilines is 1. The zero-order valence-corrected chi connectivity index (χ0v) is 19.8. The summed E-state index contributed by atoms with van der Waals surface area (Å²) >= 11 is 7.18. The van der Waals surface area contributed by atoms with Crippen molar-refractivity contribution in [2.75, 3.05) is 24.9 Å². The Morgan fingerprint density at radius 2 is 1.97 bits per heavy atom. The highest BCUT2D eigenvalue weighted by atomic mass is 35.5. The molecule has 2 aromatic heterocycles. The molecule has 3 aromatic rings. The summed E-state index contributed by atoms with van der Waals surface area (Å²) in [5.41, 5.74) is 0.222. The maximum Gasteiger partial charge on any atom is 0.311 e. The molecule has 0 saturated carbocycles. The van der Waals surface area contributed by atoms with E-state index in [4.69, 9.17) is 20.8 Å². The van der Waals surface area contributed by atoms with Crippen LogP contribution in [0.4, 0.5) is 5.69 Å². The molecule has 3 heterocycles. The number of aryl methyl sites for hydroxylation is 1. The van der Waals surface area contributed by atoms with Gasteiger partial charge in [0.1, 0.15) is 10.6 Å². The molecule has 0 spiro atoms. The highest BCUT2D eigenvalue weighted by molar-refractivity contribution is 7.93. The first kappa shape index (κ1) is 22.6. The zero-order valence-electron chi connectivity index (χ0n) is 17.4. The van der Waals surface area contributed by atoms with Gasteiger partial charge in [0.05, 0.1) is 17.7 Å². The van der Waals surface area contributed by atoms with Gasteiger partial charge in [0, 0.05) is 23.0 Å². The largest absolute Gasteiger partial charge is 0.495 e. The zero-order chi connectivity index (χ0) is 22.9. The number of amides is 1. The second kappa shape index (κ2) is 9.08. The van der Waals surface area contributed by atoms with E-state index in [1.165, 1.54) is 30.6 Å². The first-order chi connectivity index (χ1) is 15.3. The van der Waals surface area contributed by atoms with Crippen molar-refractivity contribution in [3.63, 3.8) is 0 Å². The van der Waals surface area contributed by atoms with Gasteiger partial charge in [-0.25, -0.2) is 8.42 Å². The molecule has 32 heavy (non-hydrogen) atoms. The van der Waals surface area contributed by atoms with Gasteiger partial charge in [0.15, 0.2) is 0 Å². The molecule has 1 fully saturated rings. The number of thiophene rings is 1. The Bertz CT molecular complexity index is 1250. The highest BCUT2D eigenvalue weighted by Gasteiger charge is 2.27. The summed E-state index contributed by atoms with van der Waals surface area (Å²) in [6.07, 6.45) is 2.99. The van der Waals surface area contributed by atoms with Gasteiger partial charge in [-0.2, -0.15) is 0 Å². The molecule has 1 aromatic carbocycles. The van der Waals surface area contributed by atoms with Gasteiger partial charge in [-0.15, -0.1) is 21.5 Å². The molecule has 1 aliphatic rings. The molecule has 9 nitrogen and oxygen atoms in total. The van der Waals surface area contributed by atoms with Gasteiger partial charge >= 0.3 is 11.8 Å². The third kappa shape index (κ3) is 4.59. The molecule has 0 unspecified atom stereocenters. The number of nitrogens with zero attached hydrogens (tertiary/aromatic N) is 3. The fourth-order valence-corrected chi connectivity index (χ4v) is 6.19. The van der Waals surface area contributed by atoms with Gasteiger partial charge in [0.2, 0.25) is 0 Å². The number of hydrogen-bond donors (Lipinski definition) is 1. The lowest BCUT2D eigenvalue weighted by atomic mass is 10.1. The molecule has 0 radical (unpaired) electrons. The van der Waals surface area contributed by atoms with Crippen molar-refractivity contribution in [3.8, 4) is 16.5 Å². The Labute approximate surface area is 194 Å². The lowest BCUT2D eigenvalue weighted by Gasteiger charge is -2.24. The third-order valence-corrected chi connectivity index (χ3v) is 7.92. The van der Waals surface area contributed by atoms with Gasteiger partial charge in [-0.1, -0.05) is 11.6 Å². The Morgan fingerprint density at radius 1 is 1.22 bits per heavy atom. The fraction of sp³-hybridized carbons (Fsp3) is 0.350. The van der Waals surface area contributed by atoms with Crippen molar-refractivity contribution in [3.05, 3.63) is 40.1 Å². The van der Waals surface area contributed by atoms with Gasteiger partial charge in [0.25, 0.3) is 15.9 Å². The average Bonchev–Trinajstić information content (AvgIpc) is 3.41. The minimum absolute atomic E-state index is 0.0571. The van der Waals surface area contributed by atoms with E-state index < -0.39 is 10.0 Å². The van der Waals surface area contributed by atoms with Crippen LogP contribution in [0.1, 0.15) is 34.8 Å².